The number of hydrogen-bond donors (Lipinski definition) is 0. The number of methoxy groups -OCH3 is 1. The summed E-state index contributed by atoms with van der Waals surface area (Å²) in [5.74, 6) is -0.00666. The highest BCUT2D eigenvalue weighted by Crippen LogP contribution is 2.23. The van der Waals surface area contributed by atoms with E-state index in [4.69, 9.17) is 16.3 Å². The van der Waals surface area contributed by atoms with Crippen molar-refractivity contribution in [3.63, 3.8) is 0 Å². The van der Waals surface area contributed by atoms with E-state index >= 15 is 0 Å². The third-order valence-corrected chi connectivity index (χ3v) is 4.16. The van der Waals surface area contributed by atoms with Gasteiger partial charge in [0.25, 0.3) is 0 Å². The Balaban J connectivity index is 2.09. The van der Waals surface area contributed by atoms with Crippen LogP contribution in [0.1, 0.15) is 35.3 Å². The molecular weight excluding hydrogens is 326 g/mol. The van der Waals surface area contributed by atoms with Gasteiger partial charge in [0.05, 0.1) is 13.2 Å². The maximum Gasteiger partial charge on any atom is 0.409 e. The maximum absolute atomic E-state index is 12.3. The number of nitrogens with zero attached hydrogens (tertiary/aromatic N) is 1. The monoisotopic (exact) mass is 345 g/mol. The van der Waals surface area contributed by atoms with Gasteiger partial charge >= 0.3 is 6.09 Å². The molecule has 0 aliphatic rings. The van der Waals surface area contributed by atoms with Gasteiger partial charge in [-0.3, -0.25) is 4.79 Å². The number of rotatable bonds is 6. The number of carbonyl (C=O) groups excluding carboxylic acids is 2. The standard InChI is InChI=1S/C19H20ClNO3/c1-14(15-8-10-17(20)11-9-15)21(19(23)24-2)13-12-18(22)16-6-4-3-5-7-16/h3-11,14H,12-13H2,1-2H3. The number of hydrogen-bond acceptors (Lipinski definition) is 3. The Hall–Kier alpha value is -2.33. The van der Waals surface area contributed by atoms with Crippen LogP contribution in [-0.2, 0) is 4.74 Å². The van der Waals surface area contributed by atoms with Crippen molar-refractivity contribution in [2.75, 3.05) is 13.7 Å². The lowest BCUT2D eigenvalue weighted by molar-refractivity contribution is 0.0911. The van der Waals surface area contributed by atoms with Crippen molar-refractivity contribution in [2.24, 2.45) is 0 Å². The normalized spacial score (nSPS) is 11.6. The van der Waals surface area contributed by atoms with Crippen LogP contribution in [-0.4, -0.2) is 30.4 Å². The van der Waals surface area contributed by atoms with Crippen molar-refractivity contribution >= 4 is 23.5 Å². The van der Waals surface area contributed by atoms with Crippen LogP contribution < -0.4 is 0 Å². The van der Waals surface area contributed by atoms with Crippen molar-refractivity contribution in [1.29, 1.82) is 0 Å². The molecule has 2 aromatic carbocycles. The molecule has 0 aliphatic heterocycles. The minimum Gasteiger partial charge on any atom is -0.453 e. The first-order valence-corrected chi connectivity index (χ1v) is 8.09. The molecule has 24 heavy (non-hydrogen) atoms. The van der Waals surface area contributed by atoms with E-state index in [1.807, 2.05) is 37.3 Å². The van der Waals surface area contributed by atoms with Crippen LogP contribution in [0.15, 0.2) is 54.6 Å². The van der Waals surface area contributed by atoms with Gasteiger partial charge in [-0.15, -0.1) is 0 Å². The Labute approximate surface area is 147 Å². The number of ketones is 1. The quantitative estimate of drug-likeness (QED) is 0.710. The van der Waals surface area contributed by atoms with Crippen LogP contribution >= 0.6 is 11.6 Å². The predicted molar refractivity (Wildman–Crippen MR) is 94.4 cm³/mol. The lowest BCUT2D eigenvalue weighted by Crippen LogP contribution is -2.35. The summed E-state index contributed by atoms with van der Waals surface area (Å²) in [6, 6.07) is 16.1. The van der Waals surface area contributed by atoms with Gasteiger partial charge in [-0.25, -0.2) is 4.79 Å². The topological polar surface area (TPSA) is 46.6 Å². The van der Waals surface area contributed by atoms with E-state index in [0.29, 0.717) is 10.6 Å². The molecule has 1 unspecified atom stereocenters. The minimum absolute atomic E-state index is 0.00666. The highest BCUT2D eigenvalue weighted by Gasteiger charge is 2.23. The molecule has 4 nitrogen and oxygen atoms in total. The lowest BCUT2D eigenvalue weighted by atomic mass is 10.1. The van der Waals surface area contributed by atoms with E-state index < -0.39 is 6.09 Å². The highest BCUT2D eigenvalue weighted by molar-refractivity contribution is 6.30. The molecule has 0 N–H and O–H groups in total. The molecule has 126 valence electrons. The van der Waals surface area contributed by atoms with Crippen LogP contribution in [0.2, 0.25) is 5.02 Å². The predicted octanol–water partition coefficient (Wildman–Crippen LogP) is 4.74. The zero-order valence-corrected chi connectivity index (χ0v) is 14.5. The second-order valence-corrected chi connectivity index (χ2v) is 5.87. The molecule has 1 amide bonds. The summed E-state index contributed by atoms with van der Waals surface area (Å²) >= 11 is 5.91. The molecule has 0 saturated carbocycles. The molecule has 0 fully saturated rings. The Morgan fingerprint density at radius 1 is 1.08 bits per heavy atom. The van der Waals surface area contributed by atoms with Crippen molar-refractivity contribution in [3.8, 4) is 0 Å². The van der Waals surface area contributed by atoms with Crippen LogP contribution in [0.5, 0.6) is 0 Å². The molecule has 0 saturated heterocycles. The summed E-state index contributed by atoms with van der Waals surface area (Å²) in [5, 5.41) is 0.634. The second-order valence-electron chi connectivity index (χ2n) is 5.43. The molecule has 5 heteroatoms. The summed E-state index contributed by atoms with van der Waals surface area (Å²) in [4.78, 5) is 25.9. The number of halogens is 1. The van der Waals surface area contributed by atoms with Gasteiger partial charge in [0.1, 0.15) is 0 Å². The molecule has 0 heterocycles. The van der Waals surface area contributed by atoms with Crippen molar-refractivity contribution in [1.82, 2.24) is 4.90 Å². The van der Waals surface area contributed by atoms with Crippen LogP contribution in [0.4, 0.5) is 4.79 Å². The Morgan fingerprint density at radius 3 is 2.29 bits per heavy atom. The minimum atomic E-state index is -0.460. The van der Waals surface area contributed by atoms with Crippen LogP contribution in [0, 0.1) is 0 Å². The average molecular weight is 346 g/mol. The summed E-state index contributed by atoms with van der Waals surface area (Å²) < 4.78 is 4.87. The molecule has 2 rings (SSSR count). The molecule has 0 aromatic heterocycles. The Morgan fingerprint density at radius 2 is 1.71 bits per heavy atom. The first-order valence-electron chi connectivity index (χ1n) is 7.71. The fourth-order valence-corrected chi connectivity index (χ4v) is 2.60. The Bertz CT molecular complexity index is 686. The molecule has 0 spiro atoms. The summed E-state index contributed by atoms with van der Waals surface area (Å²) in [6.45, 7) is 2.18. The third kappa shape index (κ3) is 4.59. The van der Waals surface area contributed by atoms with Crippen LogP contribution in [0.25, 0.3) is 0 Å². The smallest absolute Gasteiger partial charge is 0.409 e. The molecular formula is C19H20ClNO3. The molecule has 0 bridgehead atoms. The summed E-state index contributed by atoms with van der Waals surface area (Å²) in [6.07, 6.45) is -0.227. The summed E-state index contributed by atoms with van der Waals surface area (Å²) in [7, 11) is 1.34. The van der Waals surface area contributed by atoms with Gasteiger partial charge in [0.15, 0.2) is 5.78 Å². The van der Waals surface area contributed by atoms with Gasteiger partial charge in [0.2, 0.25) is 0 Å². The molecule has 2 aromatic rings. The Kier molecular flexibility index (Phi) is 6.38. The number of Topliss-reactive ketones (excluding diaryl/α,β-unsaturated/α-hetero) is 1. The highest BCUT2D eigenvalue weighted by atomic mass is 35.5. The van der Waals surface area contributed by atoms with Gasteiger partial charge in [-0.2, -0.15) is 0 Å². The number of amides is 1. The maximum atomic E-state index is 12.3. The largest absolute Gasteiger partial charge is 0.453 e. The number of carbonyl (C=O) groups is 2. The van der Waals surface area contributed by atoms with E-state index in [1.165, 1.54) is 7.11 Å². The first kappa shape index (κ1) is 18.0. The summed E-state index contributed by atoms with van der Waals surface area (Å²) in [5.41, 5.74) is 1.57. The zero-order valence-electron chi connectivity index (χ0n) is 13.7. The van der Waals surface area contributed by atoms with Gasteiger partial charge in [0, 0.05) is 23.6 Å². The average Bonchev–Trinajstić information content (AvgIpc) is 2.62. The van der Waals surface area contributed by atoms with Gasteiger partial charge in [-0.1, -0.05) is 54.1 Å². The van der Waals surface area contributed by atoms with E-state index in [0.717, 1.165) is 5.56 Å². The van der Waals surface area contributed by atoms with E-state index in [9.17, 15) is 9.59 Å². The van der Waals surface area contributed by atoms with Crippen molar-refractivity contribution in [2.45, 2.75) is 19.4 Å². The van der Waals surface area contributed by atoms with E-state index in [1.54, 1.807) is 29.2 Å². The number of benzene rings is 2. The van der Waals surface area contributed by atoms with E-state index in [2.05, 4.69) is 0 Å². The van der Waals surface area contributed by atoms with E-state index in [-0.39, 0.29) is 24.8 Å². The fraction of sp³-hybridized carbons (Fsp3) is 0.263. The molecule has 1 atom stereocenters. The molecule has 0 aliphatic carbocycles. The van der Waals surface area contributed by atoms with Gasteiger partial charge in [-0.05, 0) is 24.6 Å². The van der Waals surface area contributed by atoms with Crippen molar-refractivity contribution in [3.05, 3.63) is 70.7 Å². The third-order valence-electron chi connectivity index (χ3n) is 3.90. The van der Waals surface area contributed by atoms with Gasteiger partial charge < -0.3 is 9.64 Å². The fourth-order valence-electron chi connectivity index (χ4n) is 2.47. The lowest BCUT2D eigenvalue weighted by Gasteiger charge is -2.28. The number of ether oxygens (including phenoxy) is 1. The van der Waals surface area contributed by atoms with Crippen molar-refractivity contribution < 1.29 is 14.3 Å². The van der Waals surface area contributed by atoms with Crippen LogP contribution in [0.3, 0.4) is 0 Å². The SMILES string of the molecule is COC(=O)N(CCC(=O)c1ccccc1)C(C)c1ccc(Cl)cc1. The first-order chi connectivity index (χ1) is 11.5. The zero-order chi connectivity index (χ0) is 17.5. The molecule has 0 radical (unpaired) electrons. The second kappa shape index (κ2) is 8.50.